The zero-order valence-corrected chi connectivity index (χ0v) is 20.0. The quantitative estimate of drug-likeness (QED) is 0.590. The van der Waals surface area contributed by atoms with E-state index in [9.17, 15) is 9.59 Å². The van der Waals surface area contributed by atoms with Crippen molar-refractivity contribution >= 4 is 11.8 Å². The van der Waals surface area contributed by atoms with Gasteiger partial charge in [-0.3, -0.25) is 9.59 Å². The maximum atomic E-state index is 14.1. The largest absolute Gasteiger partial charge is 0.314 e. The number of hydrogen-bond donors (Lipinski definition) is 0. The number of hydrogen-bond acceptors (Lipinski definition) is 2. The fourth-order valence-corrected chi connectivity index (χ4v) is 5.20. The zero-order valence-electron chi connectivity index (χ0n) is 20.0. The Balaban J connectivity index is 2.08. The molecule has 3 rings (SSSR count). The third-order valence-corrected chi connectivity index (χ3v) is 7.47. The van der Waals surface area contributed by atoms with E-state index in [2.05, 4.69) is 59.8 Å². The number of amides is 2. The van der Waals surface area contributed by atoms with Crippen LogP contribution in [0.5, 0.6) is 0 Å². The van der Waals surface area contributed by atoms with Crippen LogP contribution in [0.15, 0.2) is 54.9 Å². The normalized spacial score (nSPS) is 23.8. The number of carbonyl (C=O) groups is 2. The van der Waals surface area contributed by atoms with E-state index in [1.165, 1.54) is 0 Å². The van der Waals surface area contributed by atoms with Crippen LogP contribution >= 0.6 is 0 Å². The highest BCUT2D eigenvalue weighted by Gasteiger charge is 2.55. The molecule has 4 nitrogen and oxygen atoms in total. The second kappa shape index (κ2) is 8.64. The summed E-state index contributed by atoms with van der Waals surface area (Å²) in [5, 5.41) is 0. The lowest BCUT2D eigenvalue weighted by Gasteiger charge is -2.43. The second-order valence-corrected chi connectivity index (χ2v) is 10.1. The summed E-state index contributed by atoms with van der Waals surface area (Å²) in [6.45, 7) is 12.5. The molecule has 2 atom stereocenters. The maximum Gasteiger partial charge on any atom is 0.239 e. The molecule has 0 saturated carbocycles. The summed E-state index contributed by atoms with van der Waals surface area (Å²) in [4.78, 5) is 31.7. The molecule has 2 heterocycles. The van der Waals surface area contributed by atoms with Gasteiger partial charge in [-0.15, -0.1) is 0 Å². The average Bonchev–Trinajstić information content (AvgIpc) is 3.04. The van der Waals surface area contributed by atoms with Crippen LogP contribution in [-0.4, -0.2) is 33.2 Å². The Labute approximate surface area is 188 Å². The van der Waals surface area contributed by atoms with E-state index in [-0.39, 0.29) is 28.8 Å². The molecule has 0 aromatic heterocycles. The van der Waals surface area contributed by atoms with E-state index >= 15 is 0 Å². The molecule has 0 saturated heterocycles. The lowest BCUT2D eigenvalue weighted by Crippen LogP contribution is -2.56. The molecule has 0 fully saturated rings. The summed E-state index contributed by atoms with van der Waals surface area (Å²) in [5.74, 6) is 0.228. The molecule has 0 spiro atoms. The summed E-state index contributed by atoms with van der Waals surface area (Å²) in [5.41, 5.74) is -0.370. The van der Waals surface area contributed by atoms with E-state index in [1.54, 1.807) is 0 Å². The molecule has 0 unspecified atom stereocenters. The number of fused-ring (bicyclic) bond motifs is 1. The minimum Gasteiger partial charge on any atom is -0.314 e. The minimum absolute atomic E-state index is 0.0734. The fraction of sp³-hybridized carbons (Fsp3) is 0.556. The van der Waals surface area contributed by atoms with Gasteiger partial charge in [-0.2, -0.15) is 0 Å². The molecular weight excluding hydrogens is 384 g/mol. The van der Waals surface area contributed by atoms with Gasteiger partial charge in [-0.05, 0) is 58.4 Å². The first-order valence-corrected chi connectivity index (χ1v) is 11.7. The maximum absolute atomic E-state index is 14.1. The van der Waals surface area contributed by atoms with E-state index in [1.807, 2.05) is 46.5 Å². The minimum atomic E-state index is -0.769. The summed E-state index contributed by atoms with van der Waals surface area (Å²) >= 11 is 0. The van der Waals surface area contributed by atoms with Gasteiger partial charge in [0.25, 0.3) is 0 Å². The molecule has 0 radical (unpaired) electrons. The van der Waals surface area contributed by atoms with Crippen molar-refractivity contribution in [3.8, 4) is 0 Å². The molecule has 31 heavy (non-hydrogen) atoms. The molecule has 2 amide bonds. The smallest absolute Gasteiger partial charge is 0.239 e. The van der Waals surface area contributed by atoms with Gasteiger partial charge >= 0.3 is 0 Å². The molecule has 1 aromatic carbocycles. The van der Waals surface area contributed by atoms with Crippen molar-refractivity contribution in [3.05, 3.63) is 60.4 Å². The molecular formula is C27H38N2O2. The summed E-state index contributed by atoms with van der Waals surface area (Å²) in [6, 6.07) is 9.96. The van der Waals surface area contributed by atoms with E-state index in [0.29, 0.717) is 12.8 Å². The Morgan fingerprint density at radius 1 is 1.03 bits per heavy atom. The molecule has 0 bridgehead atoms. The van der Waals surface area contributed by atoms with Crippen LogP contribution in [0.3, 0.4) is 0 Å². The topological polar surface area (TPSA) is 40.6 Å². The van der Waals surface area contributed by atoms with Gasteiger partial charge in [0.15, 0.2) is 0 Å². The van der Waals surface area contributed by atoms with Crippen molar-refractivity contribution in [2.24, 2.45) is 10.8 Å². The Kier molecular flexibility index (Phi) is 6.50. The number of benzene rings is 1. The average molecular weight is 423 g/mol. The van der Waals surface area contributed by atoms with Crippen LogP contribution in [0.25, 0.3) is 0 Å². The molecule has 1 aromatic rings. The first-order chi connectivity index (χ1) is 14.6. The Hall–Kier alpha value is -2.36. The first kappa shape index (κ1) is 23.3. The van der Waals surface area contributed by atoms with Crippen molar-refractivity contribution in [2.75, 3.05) is 0 Å². The van der Waals surface area contributed by atoms with Crippen LogP contribution in [-0.2, 0) is 16.0 Å². The van der Waals surface area contributed by atoms with E-state index < -0.39 is 5.41 Å². The van der Waals surface area contributed by atoms with Crippen molar-refractivity contribution in [1.82, 2.24) is 9.80 Å². The highest BCUT2D eigenvalue weighted by atomic mass is 16.2. The van der Waals surface area contributed by atoms with Crippen LogP contribution in [0.2, 0.25) is 0 Å². The lowest BCUT2D eigenvalue weighted by atomic mass is 9.73. The molecule has 4 heteroatoms. The third kappa shape index (κ3) is 3.97. The van der Waals surface area contributed by atoms with Gasteiger partial charge in [0.1, 0.15) is 0 Å². The Bertz CT molecular complexity index is 853. The third-order valence-electron chi connectivity index (χ3n) is 7.47. The number of carbonyl (C=O) groups excluding carboxylic acids is 2. The highest BCUT2D eigenvalue weighted by Crippen LogP contribution is 2.46. The number of rotatable bonds is 6. The van der Waals surface area contributed by atoms with Crippen LogP contribution in [0.1, 0.15) is 72.8 Å². The van der Waals surface area contributed by atoms with Gasteiger partial charge in [-0.1, -0.05) is 63.3 Å². The number of nitrogens with zero attached hydrogens (tertiary/aromatic N) is 2. The van der Waals surface area contributed by atoms with Gasteiger partial charge in [0.2, 0.25) is 11.8 Å². The highest BCUT2D eigenvalue weighted by molar-refractivity contribution is 5.92. The van der Waals surface area contributed by atoms with Gasteiger partial charge in [0, 0.05) is 23.4 Å². The molecule has 0 N–H and O–H groups in total. The molecule has 0 aliphatic carbocycles. The van der Waals surface area contributed by atoms with Crippen molar-refractivity contribution in [3.63, 3.8) is 0 Å². The standard InChI is InChI=1S/C27H38N2O2/c1-7-26(8-2,9-3)23(30)28-19-17-27(20-21-14-11-10-12-15-21)22(28)16-13-18-29(24(27)31)25(4,5)6/h10-15,17-19,22H,7-9,16,20H2,1-6H3/t22-,27+/m1/s1. The van der Waals surface area contributed by atoms with Gasteiger partial charge in [-0.25, -0.2) is 0 Å². The second-order valence-electron chi connectivity index (χ2n) is 10.1. The SMILES string of the molecule is CCC(CC)(CC)C(=O)N1C=C[C@@]2(Cc3ccccc3)C(=O)N(C(C)(C)C)C=CC[C@@H]12. The molecule has 2 aliphatic rings. The van der Waals surface area contributed by atoms with Crippen molar-refractivity contribution in [2.45, 2.75) is 85.2 Å². The van der Waals surface area contributed by atoms with Crippen LogP contribution < -0.4 is 0 Å². The fourth-order valence-electron chi connectivity index (χ4n) is 5.20. The monoisotopic (exact) mass is 422 g/mol. The zero-order chi connectivity index (χ0) is 22.9. The van der Waals surface area contributed by atoms with Crippen molar-refractivity contribution in [1.29, 1.82) is 0 Å². The van der Waals surface area contributed by atoms with E-state index in [0.717, 1.165) is 24.8 Å². The van der Waals surface area contributed by atoms with Crippen LogP contribution in [0.4, 0.5) is 0 Å². The lowest BCUT2D eigenvalue weighted by molar-refractivity contribution is -0.148. The Morgan fingerprint density at radius 3 is 2.19 bits per heavy atom. The van der Waals surface area contributed by atoms with E-state index in [4.69, 9.17) is 0 Å². The Morgan fingerprint density at radius 2 is 1.65 bits per heavy atom. The van der Waals surface area contributed by atoms with Gasteiger partial charge < -0.3 is 9.80 Å². The van der Waals surface area contributed by atoms with Gasteiger partial charge in [0.05, 0.1) is 11.5 Å². The van der Waals surface area contributed by atoms with Crippen LogP contribution in [0, 0.1) is 10.8 Å². The summed E-state index contributed by atoms with van der Waals surface area (Å²) in [7, 11) is 0. The molecule has 168 valence electrons. The molecule has 2 aliphatic heterocycles. The summed E-state index contributed by atoms with van der Waals surface area (Å²) in [6.07, 6.45) is 11.6. The summed E-state index contributed by atoms with van der Waals surface area (Å²) < 4.78 is 0. The predicted molar refractivity (Wildman–Crippen MR) is 126 cm³/mol. The first-order valence-electron chi connectivity index (χ1n) is 11.7. The predicted octanol–water partition coefficient (Wildman–Crippen LogP) is 5.70. The van der Waals surface area contributed by atoms with Crippen molar-refractivity contribution < 1.29 is 9.59 Å².